The van der Waals surface area contributed by atoms with E-state index in [0.717, 1.165) is 24.9 Å². The maximum atomic E-state index is 11.7. The van der Waals surface area contributed by atoms with Crippen LogP contribution in [0.25, 0.3) is 0 Å². The van der Waals surface area contributed by atoms with Crippen molar-refractivity contribution in [3.63, 3.8) is 0 Å². The van der Waals surface area contributed by atoms with Gasteiger partial charge in [0.1, 0.15) is 6.61 Å². The van der Waals surface area contributed by atoms with Crippen molar-refractivity contribution >= 4 is 18.6 Å². The van der Waals surface area contributed by atoms with Gasteiger partial charge in [-0.15, -0.1) is 12.4 Å². The summed E-state index contributed by atoms with van der Waals surface area (Å²) >= 11 is 0. The molecule has 0 saturated carbocycles. The molecular formula is C17H28ClNO3. The van der Waals surface area contributed by atoms with E-state index in [0.29, 0.717) is 0 Å². The zero-order valence-corrected chi connectivity index (χ0v) is 14.4. The molecule has 1 aromatic rings. The third-order valence-electron chi connectivity index (χ3n) is 3.19. The van der Waals surface area contributed by atoms with E-state index in [2.05, 4.69) is 12.2 Å². The number of ether oxygens (including phenoxy) is 2. The maximum Gasteiger partial charge on any atom is 0.510 e. The molecule has 22 heavy (non-hydrogen) atoms. The second kappa shape index (κ2) is 13.4. The third kappa shape index (κ3) is 9.64. The van der Waals surface area contributed by atoms with Crippen molar-refractivity contribution in [1.29, 1.82) is 0 Å². The van der Waals surface area contributed by atoms with Gasteiger partial charge in [0.15, 0.2) is 6.23 Å². The minimum atomic E-state index is -0.611. The summed E-state index contributed by atoms with van der Waals surface area (Å²) in [4.78, 5) is 11.7. The van der Waals surface area contributed by atoms with Gasteiger partial charge in [-0.05, 0) is 24.9 Å². The normalized spacial score (nSPS) is 11.4. The Morgan fingerprint density at radius 1 is 1.14 bits per heavy atom. The zero-order chi connectivity index (χ0) is 15.3. The van der Waals surface area contributed by atoms with Gasteiger partial charge in [-0.3, -0.25) is 5.32 Å². The standard InChI is InChI=1S/C17H27NO3.ClH/c1-3-5-6-10-13-16(18-4-2)21-17(19)20-14-15-11-8-7-9-12-15;/h7-9,11-12,16,18H,3-6,10,13-14H2,1-2H3;1H. The van der Waals surface area contributed by atoms with Crippen LogP contribution in [0.4, 0.5) is 4.79 Å². The van der Waals surface area contributed by atoms with Crippen molar-refractivity contribution in [3.8, 4) is 0 Å². The second-order valence-corrected chi connectivity index (χ2v) is 5.04. The van der Waals surface area contributed by atoms with Crippen molar-refractivity contribution in [2.45, 2.75) is 58.8 Å². The lowest BCUT2D eigenvalue weighted by Crippen LogP contribution is -2.33. The fourth-order valence-electron chi connectivity index (χ4n) is 2.05. The molecule has 0 radical (unpaired) electrons. The van der Waals surface area contributed by atoms with E-state index in [1.165, 1.54) is 19.3 Å². The van der Waals surface area contributed by atoms with E-state index in [-0.39, 0.29) is 25.2 Å². The Bertz CT molecular complexity index is 387. The molecule has 1 N–H and O–H groups in total. The van der Waals surface area contributed by atoms with Crippen molar-refractivity contribution in [3.05, 3.63) is 35.9 Å². The SMILES string of the molecule is CCCCCCC(NCC)OC(=O)OCc1ccccc1.Cl. The van der Waals surface area contributed by atoms with Gasteiger partial charge in [0, 0.05) is 0 Å². The van der Waals surface area contributed by atoms with Crippen LogP contribution < -0.4 is 5.32 Å². The molecule has 0 aliphatic heterocycles. The highest BCUT2D eigenvalue weighted by atomic mass is 35.5. The summed E-state index contributed by atoms with van der Waals surface area (Å²) in [5, 5.41) is 3.17. The molecule has 0 aliphatic carbocycles. The average molecular weight is 330 g/mol. The summed E-state index contributed by atoms with van der Waals surface area (Å²) in [6.07, 6.45) is 4.60. The highest BCUT2D eigenvalue weighted by molar-refractivity contribution is 5.85. The summed E-state index contributed by atoms with van der Waals surface area (Å²) in [5.41, 5.74) is 0.956. The number of unbranched alkanes of at least 4 members (excludes halogenated alkanes) is 3. The van der Waals surface area contributed by atoms with E-state index in [1.807, 2.05) is 37.3 Å². The Balaban J connectivity index is 0.00000441. The number of hydrogen-bond donors (Lipinski definition) is 1. The summed E-state index contributed by atoms with van der Waals surface area (Å²) in [6.45, 7) is 5.19. The number of rotatable bonds is 10. The van der Waals surface area contributed by atoms with Crippen LogP contribution in [0.1, 0.15) is 51.5 Å². The van der Waals surface area contributed by atoms with Gasteiger partial charge >= 0.3 is 6.16 Å². The summed E-state index contributed by atoms with van der Waals surface area (Å²) < 4.78 is 10.5. The molecule has 5 heteroatoms. The molecule has 0 spiro atoms. The lowest BCUT2D eigenvalue weighted by molar-refractivity contribution is 0.00450. The smallest absolute Gasteiger partial charge is 0.429 e. The molecule has 0 fully saturated rings. The summed E-state index contributed by atoms with van der Waals surface area (Å²) in [7, 11) is 0. The molecular weight excluding hydrogens is 302 g/mol. The van der Waals surface area contributed by atoms with Crippen LogP contribution in [0.3, 0.4) is 0 Å². The Morgan fingerprint density at radius 2 is 1.86 bits per heavy atom. The van der Waals surface area contributed by atoms with E-state index >= 15 is 0 Å². The molecule has 4 nitrogen and oxygen atoms in total. The first-order valence-electron chi connectivity index (χ1n) is 7.87. The van der Waals surface area contributed by atoms with E-state index in [4.69, 9.17) is 9.47 Å². The number of carbonyl (C=O) groups excluding carboxylic acids is 1. The molecule has 126 valence electrons. The molecule has 1 aromatic carbocycles. The number of halogens is 1. The van der Waals surface area contributed by atoms with Crippen molar-refractivity contribution in [1.82, 2.24) is 5.32 Å². The summed E-state index contributed by atoms with van der Waals surface area (Å²) in [5.74, 6) is 0. The van der Waals surface area contributed by atoms with Crippen LogP contribution in [0.2, 0.25) is 0 Å². The van der Waals surface area contributed by atoms with Crippen LogP contribution in [0.5, 0.6) is 0 Å². The molecule has 0 aromatic heterocycles. The van der Waals surface area contributed by atoms with Gasteiger partial charge < -0.3 is 9.47 Å². The molecule has 0 heterocycles. The molecule has 0 amide bonds. The average Bonchev–Trinajstić information content (AvgIpc) is 2.51. The largest absolute Gasteiger partial charge is 0.510 e. The van der Waals surface area contributed by atoms with E-state index in [9.17, 15) is 4.79 Å². The Morgan fingerprint density at radius 3 is 2.50 bits per heavy atom. The van der Waals surface area contributed by atoms with Crippen LogP contribution in [-0.2, 0) is 16.1 Å². The van der Waals surface area contributed by atoms with Gasteiger partial charge in [0.2, 0.25) is 0 Å². The zero-order valence-electron chi connectivity index (χ0n) is 13.5. The van der Waals surface area contributed by atoms with Crippen LogP contribution in [0.15, 0.2) is 30.3 Å². The highest BCUT2D eigenvalue weighted by Gasteiger charge is 2.14. The quantitative estimate of drug-likeness (QED) is 0.385. The number of hydrogen-bond acceptors (Lipinski definition) is 4. The van der Waals surface area contributed by atoms with Crippen molar-refractivity contribution in [2.75, 3.05) is 6.54 Å². The maximum absolute atomic E-state index is 11.7. The number of carbonyl (C=O) groups is 1. The molecule has 1 unspecified atom stereocenters. The highest BCUT2D eigenvalue weighted by Crippen LogP contribution is 2.08. The molecule has 0 bridgehead atoms. The third-order valence-corrected chi connectivity index (χ3v) is 3.19. The molecule has 1 rings (SSSR count). The van der Waals surface area contributed by atoms with E-state index < -0.39 is 6.16 Å². The van der Waals surface area contributed by atoms with Crippen LogP contribution in [0, 0.1) is 0 Å². The Kier molecular flexibility index (Phi) is 12.6. The summed E-state index contributed by atoms with van der Waals surface area (Å²) in [6, 6.07) is 9.59. The van der Waals surface area contributed by atoms with Gasteiger partial charge in [-0.1, -0.05) is 63.4 Å². The van der Waals surface area contributed by atoms with Gasteiger partial charge in [-0.25, -0.2) is 4.79 Å². The Labute approximate surface area is 140 Å². The fourth-order valence-corrected chi connectivity index (χ4v) is 2.05. The number of benzene rings is 1. The fraction of sp³-hybridized carbons (Fsp3) is 0.588. The minimum Gasteiger partial charge on any atom is -0.429 e. The topological polar surface area (TPSA) is 47.6 Å². The van der Waals surface area contributed by atoms with Gasteiger partial charge in [0.05, 0.1) is 0 Å². The van der Waals surface area contributed by atoms with Crippen molar-refractivity contribution in [2.24, 2.45) is 0 Å². The van der Waals surface area contributed by atoms with Crippen molar-refractivity contribution < 1.29 is 14.3 Å². The predicted octanol–water partition coefficient (Wildman–Crippen LogP) is 4.67. The van der Waals surface area contributed by atoms with E-state index in [1.54, 1.807) is 0 Å². The Hall–Kier alpha value is -1.26. The van der Waals surface area contributed by atoms with Gasteiger partial charge in [-0.2, -0.15) is 0 Å². The molecule has 0 aliphatic rings. The van der Waals surface area contributed by atoms with Crippen LogP contribution in [-0.4, -0.2) is 18.9 Å². The molecule has 0 saturated heterocycles. The predicted molar refractivity (Wildman–Crippen MR) is 91.2 cm³/mol. The first-order valence-corrected chi connectivity index (χ1v) is 7.87. The van der Waals surface area contributed by atoms with Gasteiger partial charge in [0.25, 0.3) is 0 Å². The minimum absolute atomic E-state index is 0. The second-order valence-electron chi connectivity index (χ2n) is 5.04. The lowest BCUT2D eigenvalue weighted by atomic mass is 10.1. The van der Waals surface area contributed by atoms with Crippen LogP contribution >= 0.6 is 12.4 Å². The number of nitrogens with one attached hydrogen (secondary N) is 1. The monoisotopic (exact) mass is 329 g/mol. The first-order chi connectivity index (χ1) is 10.3. The molecule has 1 atom stereocenters. The lowest BCUT2D eigenvalue weighted by Gasteiger charge is -2.18. The first kappa shape index (κ1) is 20.7.